The van der Waals surface area contributed by atoms with Crippen LogP contribution in [-0.2, 0) is 14.7 Å². The molecular weight excluding hydrogens is 395 g/mol. The molecule has 57 valence electrons. The Morgan fingerprint density at radius 1 is 1.33 bits per heavy atom. The molecule has 9 heavy (non-hydrogen) atoms. The summed E-state index contributed by atoms with van der Waals surface area (Å²) in [5, 5.41) is 8.14. The van der Waals surface area contributed by atoms with E-state index in [4.69, 9.17) is 5.11 Å². The topological polar surface area (TPSA) is 20.2 Å². The number of hydrogen-bond acceptors (Lipinski definition) is 1. The van der Waals surface area contributed by atoms with Gasteiger partial charge in [0.25, 0.3) is 0 Å². The molecule has 1 N–H and O–H groups in total. The third-order valence-corrected chi connectivity index (χ3v) is 0.365. The van der Waals surface area contributed by atoms with Crippen LogP contribution in [0.5, 0.6) is 0 Å². The van der Waals surface area contributed by atoms with Crippen LogP contribution >= 0.6 is 36.7 Å². The van der Waals surface area contributed by atoms with Gasteiger partial charge < -0.3 is 5.11 Å². The molecule has 0 aliphatic carbocycles. The van der Waals surface area contributed by atoms with E-state index in [1.165, 1.54) is 0 Å². The molecule has 0 spiro atoms. The summed E-state index contributed by atoms with van der Waals surface area (Å²) in [6, 6.07) is 0. The van der Waals surface area contributed by atoms with E-state index in [-0.39, 0.29) is 0 Å². The Balaban J connectivity index is 0. The van der Waals surface area contributed by atoms with Crippen LogP contribution in [0.4, 0.5) is 0 Å². The Morgan fingerprint density at radius 2 is 1.44 bits per heavy atom. The van der Waals surface area contributed by atoms with Crippen LogP contribution in [0.2, 0.25) is 0 Å². The number of aliphatic hydroxyl groups excluding tert-OH is 1. The van der Waals surface area contributed by atoms with Gasteiger partial charge in [0.15, 0.2) is 0 Å². The van der Waals surface area contributed by atoms with Crippen molar-refractivity contribution in [1.29, 1.82) is 0 Å². The van der Waals surface area contributed by atoms with Gasteiger partial charge in [-0.1, -0.05) is 13.8 Å². The van der Waals surface area contributed by atoms with E-state index in [1.54, 1.807) is 0 Å². The summed E-state index contributed by atoms with van der Waals surface area (Å²) in [6.07, 6.45) is 0. The SMILES string of the molecule is CC(C)CO.[Br][Zr]([Br])[Br]. The molecule has 0 amide bonds. The molecule has 0 bridgehead atoms. The van der Waals surface area contributed by atoms with E-state index in [2.05, 4.69) is 36.7 Å². The predicted molar refractivity (Wildman–Crippen MR) is 48.7 cm³/mol. The van der Waals surface area contributed by atoms with E-state index >= 15 is 0 Å². The quantitative estimate of drug-likeness (QED) is 0.711. The first kappa shape index (κ1) is 13.8. The Labute approximate surface area is 81.6 Å². The molecule has 0 aromatic carbocycles. The molecule has 0 heterocycles. The average molecular weight is 405 g/mol. The normalized spacial score (nSPS) is 8.33. The summed E-state index contributed by atoms with van der Waals surface area (Å²) in [5.74, 6) is 0.440. The summed E-state index contributed by atoms with van der Waals surface area (Å²) >= 11 is 8.80. The van der Waals surface area contributed by atoms with Crippen LogP contribution in [0.15, 0.2) is 0 Å². The van der Waals surface area contributed by atoms with Crippen LogP contribution < -0.4 is 0 Å². The third kappa shape index (κ3) is 38.5. The molecular formula is C4H10Br3OZr. The second kappa shape index (κ2) is 10.3. The van der Waals surface area contributed by atoms with Crippen molar-refractivity contribution in [2.75, 3.05) is 6.61 Å². The summed E-state index contributed by atoms with van der Waals surface area (Å²) in [4.78, 5) is 0. The molecule has 0 saturated carbocycles. The molecule has 0 aliphatic rings. The zero-order valence-corrected chi connectivity index (χ0v) is 12.6. The van der Waals surface area contributed by atoms with Crippen molar-refractivity contribution in [3.8, 4) is 0 Å². The fraction of sp³-hybridized carbons (Fsp3) is 1.00. The molecule has 0 unspecified atom stereocenters. The van der Waals surface area contributed by atoms with Gasteiger partial charge in [-0.15, -0.1) is 0 Å². The van der Waals surface area contributed by atoms with Crippen molar-refractivity contribution in [2.24, 2.45) is 5.92 Å². The maximum absolute atomic E-state index is 8.14. The van der Waals surface area contributed by atoms with Crippen LogP contribution in [-0.4, -0.2) is 11.7 Å². The van der Waals surface area contributed by atoms with Gasteiger partial charge in [0.1, 0.15) is 0 Å². The van der Waals surface area contributed by atoms with E-state index in [0.717, 1.165) is 0 Å². The van der Waals surface area contributed by atoms with Crippen molar-refractivity contribution >= 4 is 36.7 Å². The van der Waals surface area contributed by atoms with Gasteiger partial charge in [0.2, 0.25) is 0 Å². The number of aliphatic hydroxyl groups is 1. The molecule has 0 rings (SSSR count). The fourth-order valence-corrected chi connectivity index (χ4v) is 0. The Hall–Kier alpha value is 2.28. The predicted octanol–water partition coefficient (Wildman–Crippen LogP) is 3.17. The second-order valence-corrected chi connectivity index (χ2v) is 35.8. The van der Waals surface area contributed by atoms with Gasteiger partial charge in [-0.3, -0.25) is 0 Å². The van der Waals surface area contributed by atoms with Gasteiger partial charge in [0, 0.05) is 6.61 Å². The summed E-state index contributed by atoms with van der Waals surface area (Å²) in [7, 11) is 0. The van der Waals surface area contributed by atoms with Gasteiger partial charge in [0.05, 0.1) is 0 Å². The van der Waals surface area contributed by atoms with Crippen molar-refractivity contribution < 1.29 is 19.8 Å². The summed E-state index contributed by atoms with van der Waals surface area (Å²) in [5.41, 5.74) is 0. The second-order valence-electron chi connectivity index (χ2n) is 1.79. The fourth-order valence-electron chi connectivity index (χ4n) is 0. The minimum absolute atomic E-state index is 0.306. The minimum atomic E-state index is -1.11. The van der Waals surface area contributed by atoms with Crippen molar-refractivity contribution in [3.05, 3.63) is 0 Å². The first-order chi connectivity index (χ1) is 4.00. The van der Waals surface area contributed by atoms with E-state index in [0.29, 0.717) is 12.5 Å². The zero-order chi connectivity index (χ0) is 7.86. The van der Waals surface area contributed by atoms with E-state index in [1.807, 2.05) is 13.8 Å². The van der Waals surface area contributed by atoms with Gasteiger partial charge in [-0.05, 0) is 5.92 Å². The average Bonchev–Trinajstić information content (AvgIpc) is 1.65. The van der Waals surface area contributed by atoms with Crippen molar-refractivity contribution in [2.45, 2.75) is 13.8 Å². The van der Waals surface area contributed by atoms with E-state index < -0.39 is 14.7 Å². The molecule has 0 aliphatic heterocycles. The molecule has 0 fully saturated rings. The number of rotatable bonds is 1. The number of hydrogen-bond donors (Lipinski definition) is 1. The van der Waals surface area contributed by atoms with Crippen molar-refractivity contribution in [1.82, 2.24) is 0 Å². The zero-order valence-electron chi connectivity index (χ0n) is 5.37. The molecule has 1 nitrogen and oxygen atoms in total. The first-order valence-electron chi connectivity index (χ1n) is 2.45. The molecule has 5 heteroatoms. The van der Waals surface area contributed by atoms with Crippen molar-refractivity contribution in [3.63, 3.8) is 0 Å². The monoisotopic (exact) mass is 401 g/mol. The van der Waals surface area contributed by atoms with Gasteiger partial charge >= 0.3 is 51.4 Å². The summed E-state index contributed by atoms with van der Waals surface area (Å²) in [6.45, 7) is 4.25. The Kier molecular flexibility index (Phi) is 15.8. The maximum atomic E-state index is 8.14. The third-order valence-electron chi connectivity index (χ3n) is 0.365. The first-order valence-corrected chi connectivity index (χ1v) is 19.3. The molecule has 0 saturated heterocycles. The van der Waals surface area contributed by atoms with E-state index in [9.17, 15) is 0 Å². The Morgan fingerprint density at radius 3 is 1.44 bits per heavy atom. The molecule has 0 radical (unpaired) electrons. The van der Waals surface area contributed by atoms with Crippen LogP contribution in [0, 0.1) is 5.92 Å². The summed E-state index contributed by atoms with van der Waals surface area (Å²) < 4.78 is 0. The molecule has 0 aromatic heterocycles. The number of halogens is 3. The van der Waals surface area contributed by atoms with Crippen LogP contribution in [0.3, 0.4) is 0 Å². The molecule has 0 aromatic rings. The molecule has 0 atom stereocenters. The van der Waals surface area contributed by atoms with Crippen LogP contribution in [0.1, 0.15) is 13.8 Å². The Bertz CT molecular complexity index is 48.3. The van der Waals surface area contributed by atoms with Crippen LogP contribution in [0.25, 0.3) is 0 Å². The standard InChI is InChI=1S/C4H10O.3BrH.Zr/c1-4(2)3-5;;;;/h4-5H,3H2,1-2H3;3*1H;/q;;;;+3/p-3. The van der Waals surface area contributed by atoms with Gasteiger partial charge in [-0.2, -0.15) is 0 Å². The van der Waals surface area contributed by atoms with Gasteiger partial charge in [-0.25, -0.2) is 0 Å².